The summed E-state index contributed by atoms with van der Waals surface area (Å²) in [5, 5.41) is 0.916. The van der Waals surface area contributed by atoms with Gasteiger partial charge in [0, 0.05) is 17.4 Å². The van der Waals surface area contributed by atoms with E-state index in [2.05, 4.69) is 16.9 Å². The highest BCUT2D eigenvalue weighted by molar-refractivity contribution is 6.04. The average molecular weight is 271 g/mol. The number of ether oxygens (including phenoxy) is 1. The molecule has 2 heterocycles. The summed E-state index contributed by atoms with van der Waals surface area (Å²) in [6, 6.07) is 5.68. The summed E-state index contributed by atoms with van der Waals surface area (Å²) in [6.07, 6.45) is 3.66. The highest BCUT2D eigenvalue weighted by Gasteiger charge is 2.11. The maximum Gasteiger partial charge on any atom is 0.277 e. The lowest BCUT2D eigenvalue weighted by molar-refractivity contribution is 0.415. The molecule has 2 aromatic heterocycles. The monoisotopic (exact) mass is 271 g/mol. The van der Waals surface area contributed by atoms with Crippen molar-refractivity contribution in [3.63, 3.8) is 0 Å². The van der Waals surface area contributed by atoms with Crippen LogP contribution in [0.2, 0.25) is 0 Å². The lowest BCUT2D eigenvalue weighted by atomic mass is 10.2. The molecule has 0 saturated heterocycles. The molecular weight excluding hydrogens is 254 g/mol. The van der Waals surface area contributed by atoms with Gasteiger partial charge in [0.25, 0.3) is 5.56 Å². The zero-order valence-corrected chi connectivity index (χ0v) is 11.6. The molecule has 0 bridgehead atoms. The zero-order valence-electron chi connectivity index (χ0n) is 11.6. The van der Waals surface area contributed by atoms with Gasteiger partial charge in [0.1, 0.15) is 16.8 Å². The summed E-state index contributed by atoms with van der Waals surface area (Å²) < 4.78 is 6.89. The van der Waals surface area contributed by atoms with E-state index in [4.69, 9.17) is 4.74 Å². The second kappa shape index (κ2) is 5.00. The molecule has 0 atom stereocenters. The van der Waals surface area contributed by atoms with Gasteiger partial charge >= 0.3 is 0 Å². The zero-order chi connectivity index (χ0) is 14.1. The van der Waals surface area contributed by atoms with Gasteiger partial charge < -0.3 is 9.72 Å². The number of benzene rings is 1. The molecule has 1 aromatic carbocycles. The van der Waals surface area contributed by atoms with E-state index in [1.165, 1.54) is 0 Å². The van der Waals surface area contributed by atoms with Crippen LogP contribution in [0.25, 0.3) is 21.9 Å². The van der Waals surface area contributed by atoms with Crippen LogP contribution in [-0.2, 0) is 6.54 Å². The van der Waals surface area contributed by atoms with Crippen LogP contribution in [0.5, 0.6) is 5.75 Å². The molecule has 0 radical (unpaired) electrons. The van der Waals surface area contributed by atoms with E-state index in [0.29, 0.717) is 17.6 Å². The maximum atomic E-state index is 12.4. The maximum absolute atomic E-state index is 12.4. The summed E-state index contributed by atoms with van der Waals surface area (Å²) >= 11 is 0. The minimum absolute atomic E-state index is 0.0152. The van der Waals surface area contributed by atoms with Gasteiger partial charge in [-0.25, -0.2) is 4.98 Å². The van der Waals surface area contributed by atoms with Crippen molar-refractivity contribution in [3.8, 4) is 5.75 Å². The van der Waals surface area contributed by atoms with Crippen molar-refractivity contribution in [2.24, 2.45) is 0 Å². The van der Waals surface area contributed by atoms with Crippen molar-refractivity contribution in [1.29, 1.82) is 0 Å². The van der Waals surface area contributed by atoms with E-state index >= 15 is 0 Å². The Labute approximate surface area is 116 Å². The number of nitrogens with one attached hydrogen (secondary N) is 1. The fourth-order valence-electron chi connectivity index (χ4n) is 2.38. The standard InChI is InChI=1S/C15H17N3O2/c1-3-4-7-18-9-16-13-11-8-10(20-2)5-6-12(11)17-14(13)15(18)19/h5-6,8-9,17H,3-4,7H2,1-2H3. The van der Waals surface area contributed by atoms with Gasteiger partial charge in [-0.1, -0.05) is 13.3 Å². The van der Waals surface area contributed by atoms with Crippen molar-refractivity contribution in [3.05, 3.63) is 34.9 Å². The molecule has 0 aliphatic rings. The number of methoxy groups -OCH3 is 1. The molecule has 5 heteroatoms. The predicted molar refractivity (Wildman–Crippen MR) is 79.3 cm³/mol. The van der Waals surface area contributed by atoms with Crippen LogP contribution in [0.3, 0.4) is 0 Å². The number of aryl methyl sites for hydroxylation is 1. The summed E-state index contributed by atoms with van der Waals surface area (Å²) in [4.78, 5) is 20.0. The normalized spacial score (nSPS) is 11.3. The van der Waals surface area contributed by atoms with Crippen molar-refractivity contribution in [2.75, 3.05) is 7.11 Å². The van der Waals surface area contributed by atoms with E-state index in [0.717, 1.165) is 29.5 Å². The summed E-state index contributed by atoms with van der Waals surface area (Å²) in [5.74, 6) is 0.760. The summed E-state index contributed by atoms with van der Waals surface area (Å²) in [6.45, 7) is 2.81. The molecule has 0 aliphatic carbocycles. The molecule has 3 aromatic rings. The molecule has 20 heavy (non-hydrogen) atoms. The molecule has 0 saturated carbocycles. The largest absolute Gasteiger partial charge is 0.497 e. The third kappa shape index (κ3) is 1.95. The van der Waals surface area contributed by atoms with Crippen molar-refractivity contribution in [2.45, 2.75) is 26.3 Å². The Bertz CT molecular complexity index is 817. The van der Waals surface area contributed by atoms with Crippen molar-refractivity contribution >= 4 is 21.9 Å². The Morgan fingerprint density at radius 2 is 2.25 bits per heavy atom. The van der Waals surface area contributed by atoms with Crippen molar-refractivity contribution < 1.29 is 4.74 Å². The molecule has 0 aliphatic heterocycles. The minimum Gasteiger partial charge on any atom is -0.497 e. The van der Waals surface area contributed by atoms with Crippen LogP contribution in [0, 0.1) is 0 Å². The predicted octanol–water partition coefficient (Wildman–Crippen LogP) is 2.69. The van der Waals surface area contributed by atoms with E-state index < -0.39 is 0 Å². The third-order valence-electron chi connectivity index (χ3n) is 3.53. The Kier molecular flexibility index (Phi) is 3.18. The molecule has 1 N–H and O–H groups in total. The van der Waals surface area contributed by atoms with Crippen LogP contribution >= 0.6 is 0 Å². The number of H-pyrrole nitrogens is 1. The smallest absolute Gasteiger partial charge is 0.277 e. The average Bonchev–Trinajstić information content (AvgIpc) is 2.85. The first kappa shape index (κ1) is 12.7. The summed E-state index contributed by atoms with van der Waals surface area (Å²) in [7, 11) is 1.63. The Morgan fingerprint density at radius 1 is 1.40 bits per heavy atom. The van der Waals surface area contributed by atoms with Crippen LogP contribution in [0.4, 0.5) is 0 Å². The second-order valence-corrected chi connectivity index (χ2v) is 4.86. The number of aromatic nitrogens is 3. The quantitative estimate of drug-likeness (QED) is 0.793. The molecule has 104 valence electrons. The number of hydrogen-bond donors (Lipinski definition) is 1. The fraction of sp³-hybridized carbons (Fsp3) is 0.333. The van der Waals surface area contributed by atoms with Gasteiger partial charge in [-0.2, -0.15) is 0 Å². The van der Waals surface area contributed by atoms with Gasteiger partial charge in [0.05, 0.1) is 13.4 Å². The third-order valence-corrected chi connectivity index (χ3v) is 3.53. The number of unbranched alkanes of at least 4 members (excludes halogenated alkanes) is 1. The van der Waals surface area contributed by atoms with Crippen LogP contribution in [0.1, 0.15) is 19.8 Å². The van der Waals surface area contributed by atoms with E-state index in [1.54, 1.807) is 18.0 Å². The first-order valence-corrected chi connectivity index (χ1v) is 6.79. The Morgan fingerprint density at radius 3 is 3.00 bits per heavy atom. The van der Waals surface area contributed by atoms with Crippen LogP contribution in [0.15, 0.2) is 29.3 Å². The highest BCUT2D eigenvalue weighted by Crippen LogP contribution is 2.25. The molecule has 0 spiro atoms. The SMILES string of the molecule is CCCCn1cnc2c([nH]c3ccc(OC)cc32)c1=O. The molecule has 5 nitrogen and oxygen atoms in total. The van der Waals surface area contributed by atoms with Gasteiger partial charge in [0.15, 0.2) is 0 Å². The lowest BCUT2D eigenvalue weighted by Gasteiger charge is -2.03. The highest BCUT2D eigenvalue weighted by atomic mass is 16.5. The first-order valence-electron chi connectivity index (χ1n) is 6.79. The minimum atomic E-state index is -0.0152. The molecule has 0 unspecified atom stereocenters. The topological polar surface area (TPSA) is 59.9 Å². The number of hydrogen-bond acceptors (Lipinski definition) is 3. The van der Waals surface area contributed by atoms with Crippen LogP contribution in [-0.4, -0.2) is 21.6 Å². The van der Waals surface area contributed by atoms with Gasteiger partial charge in [-0.05, 0) is 24.6 Å². The van der Waals surface area contributed by atoms with E-state index in [9.17, 15) is 4.79 Å². The van der Waals surface area contributed by atoms with Crippen molar-refractivity contribution in [1.82, 2.24) is 14.5 Å². The number of aromatic amines is 1. The Balaban J connectivity index is 2.23. The number of fused-ring (bicyclic) bond motifs is 3. The first-order chi connectivity index (χ1) is 9.74. The number of nitrogens with zero attached hydrogens (tertiary/aromatic N) is 2. The Hall–Kier alpha value is -2.30. The summed E-state index contributed by atoms with van der Waals surface area (Å²) in [5.41, 5.74) is 2.15. The number of rotatable bonds is 4. The van der Waals surface area contributed by atoms with Gasteiger partial charge in [-0.3, -0.25) is 9.36 Å². The van der Waals surface area contributed by atoms with E-state index in [-0.39, 0.29) is 5.56 Å². The second-order valence-electron chi connectivity index (χ2n) is 4.86. The van der Waals surface area contributed by atoms with E-state index in [1.807, 2.05) is 18.2 Å². The fourth-order valence-corrected chi connectivity index (χ4v) is 2.38. The molecule has 3 rings (SSSR count). The molecule has 0 amide bonds. The lowest BCUT2D eigenvalue weighted by Crippen LogP contribution is -2.20. The van der Waals surface area contributed by atoms with Gasteiger partial charge in [0.2, 0.25) is 0 Å². The molecular formula is C15H17N3O2. The van der Waals surface area contributed by atoms with Crippen LogP contribution < -0.4 is 10.3 Å². The molecule has 0 fully saturated rings. The van der Waals surface area contributed by atoms with Gasteiger partial charge in [-0.15, -0.1) is 0 Å².